The quantitative estimate of drug-likeness (QED) is 0.369. The zero-order valence-corrected chi connectivity index (χ0v) is 11.2. The van der Waals surface area contributed by atoms with Crippen LogP contribution in [0.3, 0.4) is 0 Å². The summed E-state index contributed by atoms with van der Waals surface area (Å²) in [5.74, 6) is -0.368. The molecule has 0 radical (unpaired) electrons. The van der Waals surface area contributed by atoms with Crippen molar-refractivity contribution in [2.45, 2.75) is 13.5 Å². The van der Waals surface area contributed by atoms with Crippen molar-refractivity contribution in [3.05, 3.63) is 53.7 Å². The van der Waals surface area contributed by atoms with Crippen LogP contribution < -0.4 is 0 Å². The van der Waals surface area contributed by atoms with E-state index in [-0.39, 0.29) is 5.97 Å². The van der Waals surface area contributed by atoms with Gasteiger partial charge >= 0.3 is 5.97 Å². The Morgan fingerprint density at radius 3 is 2.58 bits per heavy atom. The summed E-state index contributed by atoms with van der Waals surface area (Å²) in [6.07, 6.45) is 8.11. The summed E-state index contributed by atoms with van der Waals surface area (Å²) in [5.41, 5.74) is 2.03. The number of allylic oxidation sites excluding steroid dienone is 1. The highest BCUT2D eigenvalue weighted by Crippen LogP contribution is 2.08. The third kappa shape index (κ3) is 5.21. The van der Waals surface area contributed by atoms with Crippen LogP contribution in [0.1, 0.15) is 18.1 Å². The Hall–Kier alpha value is -2.36. The van der Waals surface area contributed by atoms with E-state index in [0.717, 1.165) is 11.1 Å². The number of methoxy groups -OCH3 is 1. The number of nitrogens with zero attached hydrogens (tertiary/aromatic N) is 1. The molecule has 0 heterocycles. The van der Waals surface area contributed by atoms with Gasteiger partial charge in [-0.15, -0.1) is 0 Å². The summed E-state index contributed by atoms with van der Waals surface area (Å²) >= 11 is 0. The molecule has 1 aromatic rings. The molecule has 0 aromatic heterocycles. The van der Waals surface area contributed by atoms with Gasteiger partial charge in [-0.2, -0.15) is 0 Å². The maximum atomic E-state index is 11.0. The fourth-order valence-corrected chi connectivity index (χ4v) is 1.51. The fourth-order valence-electron chi connectivity index (χ4n) is 1.51. The molecule has 100 valence electrons. The Kier molecular flexibility index (Phi) is 6.09. The molecule has 0 bridgehead atoms. The molecule has 1 N–H and O–H groups in total. The van der Waals surface area contributed by atoms with Crippen LogP contribution in [0.5, 0.6) is 0 Å². The third-order valence-corrected chi connectivity index (χ3v) is 2.46. The van der Waals surface area contributed by atoms with Crippen LogP contribution in [-0.4, -0.2) is 24.3 Å². The average Bonchev–Trinajstić information content (AvgIpc) is 2.45. The van der Waals surface area contributed by atoms with Gasteiger partial charge in [0.05, 0.1) is 13.4 Å². The lowest BCUT2D eigenvalue weighted by atomic mass is 10.1. The van der Waals surface area contributed by atoms with Gasteiger partial charge in [0, 0.05) is 18.8 Å². The van der Waals surface area contributed by atoms with E-state index in [4.69, 9.17) is 5.41 Å². The molecule has 0 aliphatic carbocycles. The van der Waals surface area contributed by atoms with E-state index in [1.165, 1.54) is 19.5 Å². The second-order valence-corrected chi connectivity index (χ2v) is 3.88. The van der Waals surface area contributed by atoms with E-state index in [0.29, 0.717) is 6.54 Å². The van der Waals surface area contributed by atoms with Crippen LogP contribution in [0.15, 0.2) is 42.6 Å². The van der Waals surface area contributed by atoms with Crippen LogP contribution in [0.25, 0.3) is 6.08 Å². The minimum atomic E-state index is -0.368. The van der Waals surface area contributed by atoms with Crippen molar-refractivity contribution in [1.82, 2.24) is 4.90 Å². The standard InChI is InChI=1S/C15H18N2O2/c1-3-10-17(12-16)11-14-6-4-13(5-7-14)8-9-15(18)19-2/h3-10,12,16H,11H2,1-2H3/b9-8+,10-3+,16-12?. The van der Waals surface area contributed by atoms with Gasteiger partial charge in [-0.1, -0.05) is 30.3 Å². The van der Waals surface area contributed by atoms with Crippen molar-refractivity contribution in [2.75, 3.05) is 7.11 Å². The first-order chi connectivity index (χ1) is 9.19. The van der Waals surface area contributed by atoms with E-state index < -0.39 is 0 Å². The van der Waals surface area contributed by atoms with Crippen LogP contribution in [0.2, 0.25) is 0 Å². The highest BCUT2D eigenvalue weighted by Gasteiger charge is 1.98. The molecule has 0 fully saturated rings. The van der Waals surface area contributed by atoms with Crippen LogP contribution in [0.4, 0.5) is 0 Å². The summed E-state index contributed by atoms with van der Waals surface area (Å²) in [4.78, 5) is 12.7. The summed E-state index contributed by atoms with van der Waals surface area (Å²) < 4.78 is 4.52. The summed E-state index contributed by atoms with van der Waals surface area (Å²) in [6.45, 7) is 2.56. The number of hydrogen-bond acceptors (Lipinski definition) is 3. The van der Waals surface area contributed by atoms with Gasteiger partial charge in [-0.3, -0.25) is 5.41 Å². The first kappa shape index (κ1) is 14.7. The molecule has 0 aliphatic rings. The van der Waals surface area contributed by atoms with Gasteiger partial charge in [-0.05, 0) is 24.1 Å². The molecular weight excluding hydrogens is 240 g/mol. The zero-order chi connectivity index (χ0) is 14.1. The Morgan fingerprint density at radius 1 is 1.37 bits per heavy atom. The van der Waals surface area contributed by atoms with Crippen molar-refractivity contribution >= 4 is 18.4 Å². The SMILES string of the molecule is C/C=C/N(C=N)Cc1ccc(/C=C/C(=O)OC)cc1. The van der Waals surface area contributed by atoms with Gasteiger partial charge in [-0.25, -0.2) is 4.79 Å². The van der Waals surface area contributed by atoms with E-state index in [2.05, 4.69) is 4.74 Å². The minimum absolute atomic E-state index is 0.368. The smallest absolute Gasteiger partial charge is 0.330 e. The van der Waals surface area contributed by atoms with Crippen molar-refractivity contribution in [3.8, 4) is 0 Å². The highest BCUT2D eigenvalue weighted by molar-refractivity contribution is 5.86. The molecule has 19 heavy (non-hydrogen) atoms. The Morgan fingerprint density at radius 2 is 2.05 bits per heavy atom. The second-order valence-electron chi connectivity index (χ2n) is 3.88. The molecule has 1 aromatic carbocycles. The molecule has 0 aliphatic heterocycles. The molecule has 4 heteroatoms. The normalized spacial score (nSPS) is 10.8. The lowest BCUT2D eigenvalue weighted by Gasteiger charge is -2.13. The number of benzene rings is 1. The van der Waals surface area contributed by atoms with Crippen molar-refractivity contribution in [3.63, 3.8) is 0 Å². The summed E-state index contributed by atoms with van der Waals surface area (Å²) in [5, 5.41) is 7.28. The molecule has 0 saturated carbocycles. The number of rotatable bonds is 6. The molecule has 0 atom stereocenters. The van der Waals surface area contributed by atoms with Crippen LogP contribution >= 0.6 is 0 Å². The number of nitrogens with one attached hydrogen (secondary N) is 1. The molecule has 0 saturated heterocycles. The van der Waals surface area contributed by atoms with Gasteiger partial charge in [0.2, 0.25) is 0 Å². The monoisotopic (exact) mass is 258 g/mol. The maximum absolute atomic E-state index is 11.0. The van der Waals surface area contributed by atoms with E-state index in [9.17, 15) is 4.79 Å². The zero-order valence-electron chi connectivity index (χ0n) is 11.2. The van der Waals surface area contributed by atoms with E-state index >= 15 is 0 Å². The van der Waals surface area contributed by atoms with E-state index in [1.54, 1.807) is 11.0 Å². The van der Waals surface area contributed by atoms with Crippen LogP contribution in [0, 0.1) is 5.41 Å². The van der Waals surface area contributed by atoms with Crippen LogP contribution in [-0.2, 0) is 16.1 Å². The maximum Gasteiger partial charge on any atom is 0.330 e. The number of ether oxygens (including phenoxy) is 1. The first-order valence-corrected chi connectivity index (χ1v) is 5.93. The predicted molar refractivity (Wildman–Crippen MR) is 76.6 cm³/mol. The first-order valence-electron chi connectivity index (χ1n) is 5.93. The Labute approximate surface area is 113 Å². The van der Waals surface area contributed by atoms with Gasteiger partial charge in [0.15, 0.2) is 0 Å². The average molecular weight is 258 g/mol. The highest BCUT2D eigenvalue weighted by atomic mass is 16.5. The Balaban J connectivity index is 2.68. The molecule has 0 spiro atoms. The molecule has 1 rings (SSSR count). The predicted octanol–water partition coefficient (Wildman–Crippen LogP) is 2.82. The lowest BCUT2D eigenvalue weighted by Crippen LogP contribution is -2.13. The number of hydrogen-bond donors (Lipinski definition) is 1. The van der Waals surface area contributed by atoms with Gasteiger partial charge in [0.1, 0.15) is 0 Å². The molecule has 4 nitrogen and oxygen atoms in total. The topological polar surface area (TPSA) is 53.4 Å². The number of esters is 1. The number of carbonyl (C=O) groups is 1. The third-order valence-electron chi connectivity index (χ3n) is 2.46. The largest absolute Gasteiger partial charge is 0.466 e. The molecular formula is C15H18N2O2. The second kappa shape index (κ2) is 7.87. The minimum Gasteiger partial charge on any atom is -0.466 e. The summed E-state index contributed by atoms with van der Waals surface area (Å²) in [7, 11) is 1.35. The van der Waals surface area contributed by atoms with Crippen molar-refractivity contribution < 1.29 is 9.53 Å². The lowest BCUT2D eigenvalue weighted by molar-refractivity contribution is -0.134. The van der Waals surface area contributed by atoms with E-state index in [1.807, 2.05) is 43.5 Å². The van der Waals surface area contributed by atoms with Gasteiger partial charge < -0.3 is 9.64 Å². The fraction of sp³-hybridized carbons (Fsp3) is 0.200. The van der Waals surface area contributed by atoms with Crippen molar-refractivity contribution in [1.29, 1.82) is 5.41 Å². The molecule has 0 unspecified atom stereocenters. The number of carbonyl (C=O) groups excluding carboxylic acids is 1. The summed E-state index contributed by atoms with van der Waals surface area (Å²) in [6, 6.07) is 7.78. The van der Waals surface area contributed by atoms with Crippen molar-refractivity contribution in [2.24, 2.45) is 0 Å². The molecule has 0 amide bonds. The Bertz CT molecular complexity index is 475. The van der Waals surface area contributed by atoms with Gasteiger partial charge in [0.25, 0.3) is 0 Å².